The highest BCUT2D eigenvalue weighted by Crippen LogP contribution is 2.40. The molecule has 2 heterocycles. The van der Waals surface area contributed by atoms with Crippen molar-refractivity contribution in [3.63, 3.8) is 0 Å². The molecule has 0 bridgehead atoms. The van der Waals surface area contributed by atoms with E-state index >= 15 is 0 Å². The van der Waals surface area contributed by atoms with E-state index in [2.05, 4.69) is 21.0 Å². The number of hydrazine groups is 1. The molecule has 2 N–H and O–H groups in total. The molecule has 3 aromatic rings. The van der Waals surface area contributed by atoms with Crippen LogP contribution in [0.5, 0.6) is 0 Å². The molecule has 29 heavy (non-hydrogen) atoms. The molecule has 0 aliphatic heterocycles. The number of benzene rings is 1. The number of aromatic nitrogens is 3. The Morgan fingerprint density at radius 3 is 2.66 bits per heavy atom. The first-order chi connectivity index (χ1) is 14.1. The molecule has 1 fully saturated rings. The van der Waals surface area contributed by atoms with Crippen LogP contribution in [0.3, 0.4) is 0 Å². The van der Waals surface area contributed by atoms with Crippen LogP contribution in [0.2, 0.25) is 5.02 Å². The number of halogens is 1. The second-order valence-corrected chi connectivity index (χ2v) is 7.96. The molecule has 150 valence electrons. The number of hydrogen-bond acceptors (Lipinski definition) is 6. The Hall–Kier alpha value is -2.78. The van der Waals surface area contributed by atoms with Crippen molar-refractivity contribution < 1.29 is 14.0 Å². The number of amides is 2. The van der Waals surface area contributed by atoms with Crippen molar-refractivity contribution in [1.29, 1.82) is 0 Å². The van der Waals surface area contributed by atoms with E-state index < -0.39 is 5.91 Å². The van der Waals surface area contributed by atoms with Crippen LogP contribution in [0.1, 0.15) is 40.7 Å². The first-order valence-corrected chi connectivity index (χ1v) is 10.4. The summed E-state index contributed by atoms with van der Waals surface area (Å²) in [6.45, 7) is 0.517. The minimum Gasteiger partial charge on any atom is -0.467 e. The van der Waals surface area contributed by atoms with Crippen LogP contribution in [0.4, 0.5) is 0 Å². The van der Waals surface area contributed by atoms with Crippen molar-refractivity contribution in [3.05, 3.63) is 64.8 Å². The Morgan fingerprint density at radius 2 is 1.97 bits per heavy atom. The lowest BCUT2D eigenvalue weighted by molar-refractivity contribution is -0.119. The van der Waals surface area contributed by atoms with Crippen LogP contribution in [0, 0.1) is 0 Å². The van der Waals surface area contributed by atoms with E-state index in [1.807, 2.05) is 16.7 Å². The zero-order valence-corrected chi connectivity index (χ0v) is 16.9. The predicted octanol–water partition coefficient (Wildman–Crippen LogP) is 3.00. The van der Waals surface area contributed by atoms with Crippen LogP contribution in [0.25, 0.3) is 0 Å². The molecule has 0 radical (unpaired) electrons. The number of carbonyl (C=O) groups excluding carboxylic acids is 2. The summed E-state index contributed by atoms with van der Waals surface area (Å²) in [4.78, 5) is 24.2. The summed E-state index contributed by atoms with van der Waals surface area (Å²) in [6, 6.07) is 10.1. The van der Waals surface area contributed by atoms with E-state index in [4.69, 9.17) is 16.0 Å². The number of nitrogens with one attached hydrogen (secondary N) is 2. The van der Waals surface area contributed by atoms with Crippen LogP contribution in [-0.4, -0.2) is 32.3 Å². The molecule has 2 aromatic heterocycles. The number of rotatable bonds is 7. The first-order valence-electron chi connectivity index (χ1n) is 9.03. The highest BCUT2D eigenvalue weighted by atomic mass is 35.5. The zero-order valence-electron chi connectivity index (χ0n) is 15.3. The average molecular weight is 432 g/mol. The lowest BCUT2D eigenvalue weighted by Gasteiger charge is -2.09. The van der Waals surface area contributed by atoms with Gasteiger partial charge in [-0.25, -0.2) is 0 Å². The van der Waals surface area contributed by atoms with Crippen molar-refractivity contribution in [2.24, 2.45) is 0 Å². The fourth-order valence-electron chi connectivity index (χ4n) is 2.72. The largest absolute Gasteiger partial charge is 0.467 e. The van der Waals surface area contributed by atoms with Gasteiger partial charge in [0, 0.05) is 16.5 Å². The van der Waals surface area contributed by atoms with Gasteiger partial charge in [-0.2, -0.15) is 0 Å². The maximum absolute atomic E-state index is 12.1. The summed E-state index contributed by atoms with van der Waals surface area (Å²) in [7, 11) is 0. The minimum absolute atomic E-state index is 0.0852. The second-order valence-electron chi connectivity index (χ2n) is 6.58. The number of thioether (sulfide) groups is 1. The lowest BCUT2D eigenvalue weighted by Crippen LogP contribution is -2.42. The highest BCUT2D eigenvalue weighted by Gasteiger charge is 2.30. The molecule has 0 saturated heterocycles. The van der Waals surface area contributed by atoms with Gasteiger partial charge in [0.1, 0.15) is 11.6 Å². The third-order valence-electron chi connectivity index (χ3n) is 4.34. The molecule has 2 amide bonds. The summed E-state index contributed by atoms with van der Waals surface area (Å²) in [5.41, 5.74) is 5.19. The molecule has 1 aliphatic rings. The number of nitrogens with zero attached hydrogens (tertiary/aromatic N) is 3. The van der Waals surface area contributed by atoms with E-state index in [9.17, 15) is 9.59 Å². The van der Waals surface area contributed by atoms with Crippen molar-refractivity contribution in [1.82, 2.24) is 25.6 Å². The standard InChI is InChI=1S/C19H18ClN5O3S/c20-14-7-5-13(6-8-14)18(27)23-21-16(26)11-29-19-24-22-17(12-3-4-12)25(19)10-15-2-1-9-28-15/h1-2,5-9,12H,3-4,10-11H2,(H,21,26)(H,23,27). The number of hydrogen-bond donors (Lipinski definition) is 2. The molecule has 8 nitrogen and oxygen atoms in total. The third-order valence-corrected chi connectivity index (χ3v) is 5.55. The summed E-state index contributed by atoms with van der Waals surface area (Å²) < 4.78 is 7.42. The summed E-state index contributed by atoms with van der Waals surface area (Å²) in [5.74, 6) is 1.45. The van der Waals surface area contributed by atoms with E-state index in [-0.39, 0.29) is 11.7 Å². The van der Waals surface area contributed by atoms with Crippen LogP contribution < -0.4 is 10.9 Å². The molecule has 1 aliphatic carbocycles. The zero-order chi connectivity index (χ0) is 20.2. The second kappa shape index (κ2) is 8.71. The predicted molar refractivity (Wildman–Crippen MR) is 108 cm³/mol. The van der Waals surface area contributed by atoms with Crippen molar-refractivity contribution in [2.75, 3.05) is 5.75 Å². The average Bonchev–Trinajstić information content (AvgIpc) is 3.29. The van der Waals surface area contributed by atoms with Gasteiger partial charge in [0.05, 0.1) is 18.6 Å². The monoisotopic (exact) mass is 431 g/mol. The summed E-state index contributed by atoms with van der Waals surface area (Å²) in [6.07, 6.45) is 3.82. The van der Waals surface area contributed by atoms with E-state index in [1.165, 1.54) is 11.8 Å². The van der Waals surface area contributed by atoms with Gasteiger partial charge >= 0.3 is 0 Å². The topological polar surface area (TPSA) is 102 Å². The Kier molecular flexibility index (Phi) is 5.86. The molecule has 0 spiro atoms. The lowest BCUT2D eigenvalue weighted by atomic mass is 10.2. The van der Waals surface area contributed by atoms with E-state index in [0.29, 0.717) is 28.2 Å². The van der Waals surface area contributed by atoms with Gasteiger partial charge in [-0.3, -0.25) is 25.0 Å². The van der Waals surface area contributed by atoms with E-state index in [0.717, 1.165) is 24.4 Å². The molecule has 1 aromatic carbocycles. The molecular weight excluding hydrogens is 414 g/mol. The number of furan rings is 1. The van der Waals surface area contributed by atoms with Crippen molar-refractivity contribution >= 4 is 35.2 Å². The van der Waals surface area contributed by atoms with Gasteiger partial charge in [0.2, 0.25) is 5.91 Å². The minimum atomic E-state index is -0.419. The quantitative estimate of drug-likeness (QED) is 0.440. The van der Waals surface area contributed by atoms with Crippen LogP contribution >= 0.6 is 23.4 Å². The molecular formula is C19H18ClN5O3S. The Morgan fingerprint density at radius 1 is 1.17 bits per heavy atom. The Labute approximate surface area is 176 Å². The van der Waals surface area contributed by atoms with Crippen LogP contribution in [-0.2, 0) is 11.3 Å². The fourth-order valence-corrected chi connectivity index (χ4v) is 3.59. The van der Waals surface area contributed by atoms with Gasteiger partial charge in [-0.1, -0.05) is 23.4 Å². The molecule has 0 unspecified atom stereocenters. The first kappa shape index (κ1) is 19.5. The van der Waals surface area contributed by atoms with Crippen molar-refractivity contribution in [2.45, 2.75) is 30.5 Å². The summed E-state index contributed by atoms with van der Waals surface area (Å²) >= 11 is 7.06. The van der Waals surface area contributed by atoms with Gasteiger partial charge < -0.3 is 4.42 Å². The third kappa shape index (κ3) is 4.99. The van der Waals surface area contributed by atoms with Gasteiger partial charge in [-0.05, 0) is 49.2 Å². The normalized spacial score (nSPS) is 13.3. The SMILES string of the molecule is O=C(CSc1nnc(C2CC2)n1Cc1ccco1)NNC(=O)c1ccc(Cl)cc1. The van der Waals surface area contributed by atoms with Crippen molar-refractivity contribution in [3.8, 4) is 0 Å². The molecule has 0 atom stereocenters. The van der Waals surface area contributed by atoms with E-state index in [1.54, 1.807) is 30.5 Å². The molecule has 1 saturated carbocycles. The van der Waals surface area contributed by atoms with Gasteiger partial charge in [0.25, 0.3) is 5.91 Å². The van der Waals surface area contributed by atoms with Gasteiger partial charge in [-0.15, -0.1) is 10.2 Å². The maximum atomic E-state index is 12.1. The summed E-state index contributed by atoms with van der Waals surface area (Å²) in [5, 5.41) is 9.71. The Bertz CT molecular complexity index is 1000. The fraction of sp³-hybridized carbons (Fsp3) is 0.263. The molecule has 4 rings (SSSR count). The smallest absolute Gasteiger partial charge is 0.269 e. The van der Waals surface area contributed by atoms with Crippen LogP contribution in [0.15, 0.2) is 52.2 Å². The maximum Gasteiger partial charge on any atom is 0.269 e. The highest BCUT2D eigenvalue weighted by molar-refractivity contribution is 7.99. The number of carbonyl (C=O) groups is 2. The molecule has 10 heteroatoms. The van der Waals surface area contributed by atoms with Gasteiger partial charge in [0.15, 0.2) is 5.16 Å². The Balaban J connectivity index is 1.33.